The smallest absolute Gasteiger partial charge is 0.231 e. The van der Waals surface area contributed by atoms with Gasteiger partial charge in [-0.1, -0.05) is 17.7 Å². The second-order valence-corrected chi connectivity index (χ2v) is 2.68. The van der Waals surface area contributed by atoms with Crippen LogP contribution in [-0.2, 0) is 30.6 Å². The SMILES string of the molecule is C=[C-]C(=O)OCOc1ccc(C)cc1.[W]. The van der Waals surface area contributed by atoms with E-state index in [-0.39, 0.29) is 27.9 Å². The number of hydrogen-bond acceptors (Lipinski definition) is 3. The third-order valence-corrected chi connectivity index (χ3v) is 1.58. The summed E-state index contributed by atoms with van der Waals surface area (Å²) in [5.74, 6) is 0.0459. The van der Waals surface area contributed by atoms with Crippen LogP contribution in [0.25, 0.3) is 0 Å². The number of carbonyl (C=O) groups excluding carboxylic acids is 1. The minimum atomic E-state index is -0.614. The van der Waals surface area contributed by atoms with Crippen molar-refractivity contribution in [1.29, 1.82) is 0 Å². The summed E-state index contributed by atoms with van der Waals surface area (Å²) in [4.78, 5) is 10.6. The first kappa shape index (κ1) is 13.9. The average Bonchev–Trinajstić information content (AvgIpc) is 2.21. The zero-order chi connectivity index (χ0) is 10.4. The maximum atomic E-state index is 10.6. The van der Waals surface area contributed by atoms with Gasteiger partial charge in [0.05, 0.1) is 0 Å². The number of ether oxygens (including phenoxy) is 2. The van der Waals surface area contributed by atoms with E-state index in [4.69, 9.17) is 4.74 Å². The van der Waals surface area contributed by atoms with Gasteiger partial charge in [0.2, 0.25) is 6.79 Å². The molecule has 1 rings (SSSR count). The first-order valence-corrected chi connectivity index (χ1v) is 4.11. The Labute approximate surface area is 103 Å². The van der Waals surface area contributed by atoms with Gasteiger partial charge in [-0.2, -0.15) is 0 Å². The normalized spacial score (nSPS) is 8.60. The van der Waals surface area contributed by atoms with Crippen LogP contribution < -0.4 is 4.74 Å². The van der Waals surface area contributed by atoms with Crippen molar-refractivity contribution >= 4 is 5.97 Å². The van der Waals surface area contributed by atoms with Crippen LogP contribution in [0.5, 0.6) is 5.75 Å². The zero-order valence-corrected chi connectivity index (χ0v) is 11.3. The molecule has 0 atom stereocenters. The Balaban J connectivity index is 0.00000196. The Morgan fingerprint density at radius 2 is 2.00 bits per heavy atom. The molecule has 4 heteroatoms. The second kappa shape index (κ2) is 7.24. The molecular formula is C11H11O3W-. The Kier molecular flexibility index (Phi) is 6.72. The standard InChI is InChI=1S/C11H11O3.W/c1-3-11(12)14-8-13-10-6-4-9(2)5-7-10;/h4-7H,1,8H2,2H3;/q-1;. The van der Waals surface area contributed by atoms with Crippen molar-refractivity contribution in [2.75, 3.05) is 6.79 Å². The summed E-state index contributed by atoms with van der Waals surface area (Å²) < 4.78 is 9.71. The minimum absolute atomic E-state index is 0. The summed E-state index contributed by atoms with van der Waals surface area (Å²) in [7, 11) is 0. The van der Waals surface area contributed by atoms with Crippen molar-refractivity contribution in [2.24, 2.45) is 0 Å². The molecule has 15 heavy (non-hydrogen) atoms. The third kappa shape index (κ3) is 5.38. The molecule has 0 unspecified atom stereocenters. The van der Waals surface area contributed by atoms with E-state index in [0.29, 0.717) is 5.75 Å². The molecule has 0 aliphatic carbocycles. The third-order valence-electron chi connectivity index (χ3n) is 1.58. The number of carbonyl (C=O) groups is 1. The number of benzene rings is 1. The first-order valence-electron chi connectivity index (χ1n) is 4.11. The first-order chi connectivity index (χ1) is 6.72. The van der Waals surface area contributed by atoms with E-state index in [1.165, 1.54) is 0 Å². The largest absolute Gasteiger partial charge is 0.457 e. The van der Waals surface area contributed by atoms with Gasteiger partial charge in [0.1, 0.15) is 5.75 Å². The van der Waals surface area contributed by atoms with Crippen molar-refractivity contribution in [2.45, 2.75) is 6.92 Å². The summed E-state index contributed by atoms with van der Waals surface area (Å²) >= 11 is 0. The molecule has 0 aromatic heterocycles. The van der Waals surface area contributed by atoms with Crippen LogP contribution in [0.4, 0.5) is 0 Å². The van der Waals surface area contributed by atoms with Crippen LogP contribution in [0.15, 0.2) is 30.8 Å². The fourth-order valence-corrected chi connectivity index (χ4v) is 0.837. The van der Waals surface area contributed by atoms with E-state index < -0.39 is 5.97 Å². The van der Waals surface area contributed by atoms with E-state index in [0.717, 1.165) is 5.56 Å². The van der Waals surface area contributed by atoms with Crippen LogP contribution in [0, 0.1) is 13.0 Å². The summed E-state index contributed by atoms with van der Waals surface area (Å²) in [6.45, 7) is 5.00. The Morgan fingerprint density at radius 1 is 1.40 bits per heavy atom. The molecule has 3 nitrogen and oxygen atoms in total. The number of hydrogen-bond donors (Lipinski definition) is 0. The van der Waals surface area contributed by atoms with Crippen LogP contribution in [0.1, 0.15) is 5.56 Å². The molecule has 0 radical (unpaired) electrons. The van der Waals surface area contributed by atoms with E-state index in [9.17, 15) is 4.79 Å². The Bertz CT molecular complexity index is 319. The van der Waals surface area contributed by atoms with E-state index in [2.05, 4.69) is 17.4 Å². The average molecular weight is 375 g/mol. The molecule has 0 N–H and O–H groups in total. The molecular weight excluding hydrogens is 364 g/mol. The number of esters is 1. The fourth-order valence-electron chi connectivity index (χ4n) is 0.837. The molecule has 1 aromatic carbocycles. The van der Waals surface area contributed by atoms with Gasteiger partial charge in [-0.3, -0.25) is 11.4 Å². The molecule has 0 fully saturated rings. The predicted octanol–water partition coefficient (Wildman–Crippen LogP) is 1.86. The summed E-state index contributed by atoms with van der Waals surface area (Å²) in [5.41, 5.74) is 1.15. The van der Waals surface area contributed by atoms with Gasteiger partial charge in [-0.25, -0.2) is 0 Å². The molecule has 1 aromatic rings. The fraction of sp³-hybridized carbons (Fsp3) is 0.182. The Morgan fingerprint density at radius 3 is 2.53 bits per heavy atom. The van der Waals surface area contributed by atoms with Crippen LogP contribution in [-0.4, -0.2) is 12.8 Å². The molecule has 0 aliphatic rings. The topological polar surface area (TPSA) is 35.5 Å². The van der Waals surface area contributed by atoms with Gasteiger partial charge in [0, 0.05) is 21.1 Å². The van der Waals surface area contributed by atoms with Crippen LogP contribution in [0.3, 0.4) is 0 Å². The van der Waals surface area contributed by atoms with E-state index in [1.807, 2.05) is 19.1 Å². The van der Waals surface area contributed by atoms with Crippen molar-refractivity contribution in [3.05, 3.63) is 42.5 Å². The van der Waals surface area contributed by atoms with Gasteiger partial charge >= 0.3 is 0 Å². The van der Waals surface area contributed by atoms with E-state index in [1.54, 1.807) is 12.1 Å². The zero-order valence-electron chi connectivity index (χ0n) is 8.36. The maximum absolute atomic E-state index is 10.6. The minimum Gasteiger partial charge on any atom is -0.457 e. The van der Waals surface area contributed by atoms with Crippen molar-refractivity contribution < 1.29 is 35.3 Å². The van der Waals surface area contributed by atoms with Crippen LogP contribution >= 0.6 is 0 Å². The van der Waals surface area contributed by atoms with Crippen molar-refractivity contribution in [3.63, 3.8) is 0 Å². The quantitative estimate of drug-likeness (QED) is 0.349. The monoisotopic (exact) mass is 375 g/mol. The summed E-state index contributed by atoms with van der Waals surface area (Å²) in [6, 6.07) is 7.44. The maximum Gasteiger partial charge on any atom is 0.231 e. The molecule has 0 saturated heterocycles. The molecule has 0 heterocycles. The van der Waals surface area contributed by atoms with Gasteiger partial charge in [-0.15, -0.1) is 0 Å². The predicted molar refractivity (Wildman–Crippen MR) is 51.6 cm³/mol. The number of aryl methyl sites for hydroxylation is 1. The van der Waals surface area contributed by atoms with Gasteiger partial charge < -0.3 is 15.5 Å². The van der Waals surface area contributed by atoms with E-state index >= 15 is 0 Å². The number of rotatable bonds is 4. The molecule has 0 saturated carbocycles. The molecule has 0 amide bonds. The van der Waals surface area contributed by atoms with Gasteiger partial charge in [0.15, 0.2) is 5.97 Å². The van der Waals surface area contributed by atoms with Gasteiger partial charge in [-0.05, 0) is 19.1 Å². The molecule has 0 spiro atoms. The molecule has 0 aliphatic heterocycles. The molecule has 0 bridgehead atoms. The Hall–Kier alpha value is -1.08. The van der Waals surface area contributed by atoms with Gasteiger partial charge in [0.25, 0.3) is 0 Å². The van der Waals surface area contributed by atoms with Crippen molar-refractivity contribution in [3.8, 4) is 5.75 Å². The summed E-state index contributed by atoms with van der Waals surface area (Å²) in [5, 5.41) is 0. The molecule has 80 valence electrons. The van der Waals surface area contributed by atoms with Crippen LogP contribution in [0.2, 0.25) is 0 Å². The van der Waals surface area contributed by atoms with Crippen molar-refractivity contribution in [1.82, 2.24) is 0 Å². The summed E-state index contributed by atoms with van der Waals surface area (Å²) in [6.07, 6.45) is 2.07. The second-order valence-electron chi connectivity index (χ2n) is 2.68.